The molecule has 2 aromatic carbocycles. The van der Waals surface area contributed by atoms with Crippen LogP contribution >= 0.6 is 0 Å². The van der Waals surface area contributed by atoms with Crippen molar-refractivity contribution in [2.45, 2.75) is 32.1 Å². The highest BCUT2D eigenvalue weighted by Gasteiger charge is 2.19. The Hall–Kier alpha value is -4.04. The van der Waals surface area contributed by atoms with Gasteiger partial charge in [-0.2, -0.15) is 4.98 Å². The number of rotatable bonds is 6. The molecule has 0 aliphatic carbocycles. The summed E-state index contributed by atoms with van der Waals surface area (Å²) in [4.78, 5) is 35.9. The van der Waals surface area contributed by atoms with Crippen molar-refractivity contribution in [3.63, 3.8) is 0 Å². The van der Waals surface area contributed by atoms with Gasteiger partial charge in [0.25, 0.3) is 0 Å². The molecule has 1 aliphatic rings. The molecule has 0 unspecified atom stereocenters. The van der Waals surface area contributed by atoms with E-state index < -0.39 is 11.4 Å². The number of nitrogens with one attached hydrogen (secondary N) is 1. The molecule has 184 valence electrons. The summed E-state index contributed by atoms with van der Waals surface area (Å²) < 4.78 is 1.65. The van der Waals surface area contributed by atoms with Crippen LogP contribution in [0.1, 0.15) is 47.2 Å². The maximum atomic E-state index is 12.9. The molecular weight excluding hydrogens is 454 g/mol. The lowest BCUT2D eigenvalue weighted by Crippen LogP contribution is -2.29. The summed E-state index contributed by atoms with van der Waals surface area (Å²) in [6.07, 6.45) is 5.88. The van der Waals surface area contributed by atoms with E-state index in [0.29, 0.717) is 17.5 Å². The number of hydrogen-bond acceptors (Lipinski definition) is 6. The van der Waals surface area contributed by atoms with Gasteiger partial charge >= 0.3 is 5.97 Å². The van der Waals surface area contributed by atoms with Crippen molar-refractivity contribution in [3.8, 4) is 5.69 Å². The molecule has 0 bridgehead atoms. The Bertz CT molecular complexity index is 1470. The van der Waals surface area contributed by atoms with E-state index >= 15 is 0 Å². The Labute approximate surface area is 209 Å². The van der Waals surface area contributed by atoms with Crippen LogP contribution in [0.2, 0.25) is 0 Å². The maximum absolute atomic E-state index is 12.9. The smallest absolute Gasteiger partial charge is 0.341 e. The summed E-state index contributed by atoms with van der Waals surface area (Å²) in [6.45, 7) is 4.28. The number of nitrogens with zero attached hydrogens (tertiary/aromatic N) is 4. The van der Waals surface area contributed by atoms with Crippen molar-refractivity contribution in [2.75, 3.05) is 25.5 Å². The van der Waals surface area contributed by atoms with E-state index in [9.17, 15) is 14.7 Å². The normalized spacial score (nSPS) is 14.7. The van der Waals surface area contributed by atoms with Crippen molar-refractivity contribution < 1.29 is 9.90 Å². The number of piperidine rings is 1. The van der Waals surface area contributed by atoms with Crippen LogP contribution in [0.15, 0.2) is 65.7 Å². The maximum Gasteiger partial charge on any atom is 0.341 e. The van der Waals surface area contributed by atoms with Crippen LogP contribution in [0.4, 0.5) is 11.6 Å². The van der Waals surface area contributed by atoms with Crippen LogP contribution < -0.4 is 10.7 Å². The lowest BCUT2D eigenvalue weighted by Gasteiger charge is -2.29. The van der Waals surface area contributed by atoms with E-state index in [2.05, 4.69) is 39.4 Å². The fraction of sp³-hybridized carbons (Fsp3) is 0.286. The van der Waals surface area contributed by atoms with Crippen molar-refractivity contribution in [1.29, 1.82) is 0 Å². The van der Waals surface area contributed by atoms with Gasteiger partial charge in [-0.3, -0.25) is 4.79 Å². The average molecular weight is 484 g/mol. The first-order chi connectivity index (χ1) is 17.4. The molecule has 36 heavy (non-hydrogen) atoms. The molecule has 0 radical (unpaired) electrons. The minimum atomic E-state index is -1.28. The molecule has 0 amide bonds. The quantitative estimate of drug-likeness (QED) is 0.414. The predicted octanol–water partition coefficient (Wildman–Crippen LogP) is 4.59. The van der Waals surface area contributed by atoms with Crippen molar-refractivity contribution in [2.24, 2.45) is 0 Å². The van der Waals surface area contributed by atoms with Gasteiger partial charge in [0.05, 0.1) is 5.39 Å². The lowest BCUT2D eigenvalue weighted by atomic mass is 9.89. The number of hydrogen-bond donors (Lipinski definition) is 2. The summed E-state index contributed by atoms with van der Waals surface area (Å²) in [5.74, 6) is -0.379. The number of pyridine rings is 1. The number of likely N-dealkylation sites (tertiary alicyclic amines) is 1. The second-order valence-electron chi connectivity index (χ2n) is 9.33. The third kappa shape index (κ3) is 4.72. The first kappa shape index (κ1) is 23.7. The van der Waals surface area contributed by atoms with Gasteiger partial charge in [0.1, 0.15) is 5.56 Å². The molecular formula is C28H29N5O3. The zero-order valence-electron chi connectivity index (χ0n) is 20.4. The monoisotopic (exact) mass is 483 g/mol. The lowest BCUT2D eigenvalue weighted by molar-refractivity contribution is 0.0695. The van der Waals surface area contributed by atoms with Gasteiger partial charge in [-0.25, -0.2) is 9.78 Å². The van der Waals surface area contributed by atoms with E-state index in [1.54, 1.807) is 4.57 Å². The van der Waals surface area contributed by atoms with E-state index in [1.165, 1.54) is 18.0 Å². The number of aromatic nitrogens is 3. The number of aryl methyl sites for hydroxylation is 1. The summed E-state index contributed by atoms with van der Waals surface area (Å²) in [5, 5.41) is 13.0. The third-order valence-electron chi connectivity index (χ3n) is 6.93. The van der Waals surface area contributed by atoms with Crippen LogP contribution in [0.25, 0.3) is 16.7 Å². The first-order valence-corrected chi connectivity index (χ1v) is 12.2. The van der Waals surface area contributed by atoms with E-state index in [0.717, 1.165) is 49.3 Å². The molecule has 1 fully saturated rings. The Morgan fingerprint density at radius 1 is 1.14 bits per heavy atom. The molecule has 8 heteroatoms. The van der Waals surface area contributed by atoms with Gasteiger partial charge in [-0.05, 0) is 80.7 Å². The standard InChI is InChI=1S/C28H29N5O3/c1-3-18-5-4-6-22(15-18)33-17-24(27(35)36)25(34)23-16-29-28(31-26(23)33)30-21-9-7-19(8-10-21)20-11-13-32(2)14-12-20/h4-10,15-17,20H,3,11-14H2,1-2H3,(H,35,36)(H,29,30,31). The molecule has 0 atom stereocenters. The van der Waals surface area contributed by atoms with Crippen molar-refractivity contribution >= 4 is 28.6 Å². The van der Waals surface area contributed by atoms with Crippen molar-refractivity contribution in [1.82, 2.24) is 19.4 Å². The van der Waals surface area contributed by atoms with Gasteiger partial charge in [0.2, 0.25) is 11.4 Å². The zero-order valence-corrected chi connectivity index (χ0v) is 20.4. The Morgan fingerprint density at radius 3 is 2.58 bits per heavy atom. The molecule has 5 rings (SSSR count). The molecule has 8 nitrogen and oxygen atoms in total. The highest BCUT2D eigenvalue weighted by atomic mass is 16.4. The minimum absolute atomic E-state index is 0.153. The second-order valence-corrected chi connectivity index (χ2v) is 9.33. The molecule has 1 aliphatic heterocycles. The van der Waals surface area contributed by atoms with Gasteiger partial charge in [0, 0.05) is 23.8 Å². The van der Waals surface area contributed by atoms with Crippen LogP contribution in [-0.4, -0.2) is 50.6 Å². The molecule has 1 saturated heterocycles. The predicted molar refractivity (Wildman–Crippen MR) is 141 cm³/mol. The fourth-order valence-corrected chi connectivity index (χ4v) is 4.76. The van der Waals surface area contributed by atoms with Crippen molar-refractivity contribution in [3.05, 3.63) is 87.8 Å². The number of carboxylic acids is 1. The summed E-state index contributed by atoms with van der Waals surface area (Å²) in [6, 6.07) is 16.1. The van der Waals surface area contributed by atoms with Crippen LogP contribution in [0.3, 0.4) is 0 Å². The van der Waals surface area contributed by atoms with E-state index in [4.69, 9.17) is 0 Å². The number of fused-ring (bicyclic) bond motifs is 1. The molecule has 2 N–H and O–H groups in total. The summed E-state index contributed by atoms with van der Waals surface area (Å²) in [7, 11) is 2.16. The van der Waals surface area contributed by atoms with Gasteiger partial charge in [-0.15, -0.1) is 0 Å². The molecule has 0 spiro atoms. The number of anilines is 2. The van der Waals surface area contributed by atoms with E-state index in [1.807, 2.05) is 43.3 Å². The number of carbonyl (C=O) groups is 1. The number of benzene rings is 2. The molecule has 3 heterocycles. The van der Waals surface area contributed by atoms with Gasteiger partial charge < -0.3 is 19.9 Å². The van der Waals surface area contributed by atoms with E-state index in [-0.39, 0.29) is 10.9 Å². The van der Waals surface area contributed by atoms with Gasteiger partial charge in [0.15, 0.2) is 5.65 Å². The van der Waals surface area contributed by atoms with Crippen LogP contribution in [0, 0.1) is 0 Å². The second kappa shape index (κ2) is 9.91. The zero-order chi connectivity index (χ0) is 25.2. The Kier molecular flexibility index (Phi) is 6.52. The molecule has 4 aromatic rings. The van der Waals surface area contributed by atoms with Gasteiger partial charge in [-0.1, -0.05) is 31.2 Å². The number of aromatic carboxylic acids is 1. The summed E-state index contributed by atoms with van der Waals surface area (Å²) >= 11 is 0. The first-order valence-electron chi connectivity index (χ1n) is 12.2. The Morgan fingerprint density at radius 2 is 1.89 bits per heavy atom. The van der Waals surface area contributed by atoms with Crippen LogP contribution in [-0.2, 0) is 6.42 Å². The van der Waals surface area contributed by atoms with Crippen LogP contribution in [0.5, 0.6) is 0 Å². The molecule has 0 saturated carbocycles. The topological polar surface area (TPSA) is 100 Å². The summed E-state index contributed by atoms with van der Waals surface area (Å²) in [5.41, 5.74) is 3.42. The SMILES string of the molecule is CCc1cccc(-n2cc(C(=O)O)c(=O)c3cnc(Nc4ccc(C5CCN(C)CC5)cc4)nc32)c1. The third-order valence-corrected chi connectivity index (χ3v) is 6.93. The number of carboxylic acid groups (broad SMARTS) is 1. The largest absolute Gasteiger partial charge is 0.477 e. The highest BCUT2D eigenvalue weighted by molar-refractivity contribution is 5.92. The highest BCUT2D eigenvalue weighted by Crippen LogP contribution is 2.29. The average Bonchev–Trinajstić information content (AvgIpc) is 2.90. The molecule has 2 aromatic heterocycles. The Balaban J connectivity index is 1.50. The minimum Gasteiger partial charge on any atom is -0.477 e. The fourth-order valence-electron chi connectivity index (χ4n) is 4.76.